The van der Waals surface area contributed by atoms with Crippen LogP contribution in [0.2, 0.25) is 0 Å². The molecule has 2 saturated heterocycles. The summed E-state index contributed by atoms with van der Waals surface area (Å²) in [6.07, 6.45) is -6.66. The number of fused-ring (bicyclic) bond motifs is 1. The molecular weight excluding hydrogens is 538 g/mol. The highest BCUT2D eigenvalue weighted by Crippen LogP contribution is 2.35. The number of likely N-dealkylation sites (N-methyl/N-ethyl adjacent to an activating group) is 1. The van der Waals surface area contributed by atoms with Crippen LogP contribution in [0.1, 0.15) is 30.4 Å². The van der Waals surface area contributed by atoms with Crippen molar-refractivity contribution in [3.05, 3.63) is 35.4 Å². The lowest BCUT2D eigenvalue weighted by Crippen LogP contribution is -2.46. The Balaban J connectivity index is 0.000000317. The van der Waals surface area contributed by atoms with Crippen LogP contribution < -0.4 is 5.32 Å². The molecule has 0 unspecified atom stereocenters. The van der Waals surface area contributed by atoms with Crippen LogP contribution in [-0.4, -0.2) is 89.0 Å². The van der Waals surface area contributed by atoms with Crippen molar-refractivity contribution < 1.29 is 50.9 Å². The number of carbonyl (C=O) groups excluding carboxylic acids is 1. The largest absolute Gasteiger partial charge is 0.490 e. The number of hydrogen-bond donors (Lipinski definition) is 3. The molecule has 39 heavy (non-hydrogen) atoms. The number of halogens is 6. The van der Waals surface area contributed by atoms with Crippen LogP contribution in [0.3, 0.4) is 0 Å². The lowest BCUT2D eigenvalue weighted by Gasteiger charge is -2.26. The molecule has 4 rings (SSSR count). The first-order valence-corrected chi connectivity index (χ1v) is 11.8. The molecule has 15 heteroatoms. The van der Waals surface area contributed by atoms with Crippen LogP contribution in [0.4, 0.5) is 26.3 Å². The molecule has 2 aliphatic heterocycles. The third-order valence-corrected chi connectivity index (χ3v) is 6.53. The van der Waals surface area contributed by atoms with Crippen molar-refractivity contribution in [1.29, 1.82) is 5.26 Å². The molecule has 1 aromatic carbocycles. The van der Waals surface area contributed by atoms with Gasteiger partial charge < -0.3 is 15.5 Å². The van der Waals surface area contributed by atoms with E-state index in [1.807, 2.05) is 18.2 Å². The second-order valence-electron chi connectivity index (χ2n) is 9.55. The molecule has 9 nitrogen and oxygen atoms in total. The molecule has 1 amide bonds. The van der Waals surface area contributed by atoms with Gasteiger partial charge in [-0.2, -0.15) is 31.6 Å². The zero-order chi connectivity index (χ0) is 29.5. The smallest absolute Gasteiger partial charge is 0.475 e. The quantitative estimate of drug-likeness (QED) is 0.464. The van der Waals surface area contributed by atoms with Gasteiger partial charge in [-0.1, -0.05) is 12.1 Å². The average Bonchev–Trinajstić information content (AvgIpc) is 3.51. The SMILES string of the molecule is CN1[C@@H](C(=O)NCC2CC2)C[C@@H]2CN(Cc3cccc(C#N)c3)C[C@@H]21.O=C(O)C(F)(F)F.O=C(O)C(F)(F)F. The van der Waals surface area contributed by atoms with Gasteiger partial charge >= 0.3 is 24.3 Å². The van der Waals surface area contributed by atoms with E-state index in [4.69, 9.17) is 25.1 Å². The Kier molecular flexibility index (Phi) is 10.7. The number of rotatable bonds is 5. The summed E-state index contributed by atoms with van der Waals surface area (Å²) in [7, 11) is 2.10. The summed E-state index contributed by atoms with van der Waals surface area (Å²) < 4.78 is 63.5. The van der Waals surface area contributed by atoms with Gasteiger partial charge in [-0.05, 0) is 55.8 Å². The normalized spacial score (nSPS) is 22.9. The summed E-state index contributed by atoms with van der Waals surface area (Å²) in [5.74, 6) is -3.99. The minimum atomic E-state index is -5.08. The molecule has 3 atom stereocenters. The Morgan fingerprint density at radius 2 is 1.62 bits per heavy atom. The van der Waals surface area contributed by atoms with Crippen LogP contribution in [0.5, 0.6) is 0 Å². The van der Waals surface area contributed by atoms with Gasteiger partial charge in [-0.3, -0.25) is 14.6 Å². The van der Waals surface area contributed by atoms with Crippen LogP contribution in [0.15, 0.2) is 24.3 Å². The molecule has 1 aromatic rings. The first kappa shape index (κ1) is 31.8. The summed E-state index contributed by atoms with van der Waals surface area (Å²) in [4.78, 5) is 35.0. The fourth-order valence-corrected chi connectivity index (χ4v) is 4.42. The number of likely N-dealkylation sites (tertiary alicyclic amines) is 2. The molecule has 0 aromatic heterocycles. The standard InChI is InChI=1S/C20H26N4O.2C2HF3O2/c1-23-18(20(25)22-10-14-5-6-14)8-17-12-24(13-19(17)23)11-16-4-2-3-15(7-16)9-21;2*3-2(4,5)1(6)7/h2-4,7,14,17-19H,5-6,8,10-13H2,1H3,(H,22,25);2*(H,6,7)/t17-,18-,19+;;/m1../s1. The number of carbonyl (C=O) groups is 3. The van der Waals surface area contributed by atoms with E-state index in [1.54, 1.807) is 0 Å². The fraction of sp³-hybridized carbons (Fsp3) is 0.583. The number of carboxylic acids is 2. The van der Waals surface area contributed by atoms with Crippen LogP contribution >= 0.6 is 0 Å². The number of nitrogens with zero attached hydrogens (tertiary/aromatic N) is 3. The number of carboxylic acid groups (broad SMARTS) is 2. The second-order valence-corrected chi connectivity index (χ2v) is 9.55. The lowest BCUT2D eigenvalue weighted by atomic mass is 10.0. The fourth-order valence-electron chi connectivity index (χ4n) is 4.42. The molecule has 3 fully saturated rings. The molecule has 0 bridgehead atoms. The van der Waals surface area contributed by atoms with E-state index in [0.717, 1.165) is 44.1 Å². The average molecular weight is 566 g/mol. The van der Waals surface area contributed by atoms with E-state index in [2.05, 4.69) is 34.3 Å². The summed E-state index contributed by atoms with van der Waals surface area (Å²) in [5, 5.41) is 26.4. The molecule has 1 saturated carbocycles. The maximum Gasteiger partial charge on any atom is 0.490 e. The molecule has 3 aliphatic rings. The van der Waals surface area contributed by atoms with Gasteiger partial charge in [0.05, 0.1) is 17.7 Å². The Morgan fingerprint density at radius 3 is 2.08 bits per heavy atom. The van der Waals surface area contributed by atoms with Gasteiger partial charge in [0, 0.05) is 32.2 Å². The maximum atomic E-state index is 12.5. The molecule has 0 spiro atoms. The lowest BCUT2D eigenvalue weighted by molar-refractivity contribution is -0.193. The highest BCUT2D eigenvalue weighted by molar-refractivity contribution is 5.82. The van der Waals surface area contributed by atoms with E-state index in [-0.39, 0.29) is 11.9 Å². The minimum absolute atomic E-state index is 0.0396. The predicted molar refractivity (Wildman–Crippen MR) is 123 cm³/mol. The van der Waals surface area contributed by atoms with Crippen molar-refractivity contribution in [3.8, 4) is 6.07 Å². The van der Waals surface area contributed by atoms with Gasteiger partial charge in [0.1, 0.15) is 0 Å². The highest BCUT2D eigenvalue weighted by atomic mass is 19.4. The molecule has 1 aliphatic carbocycles. The van der Waals surface area contributed by atoms with E-state index >= 15 is 0 Å². The van der Waals surface area contributed by atoms with Crippen molar-refractivity contribution >= 4 is 17.8 Å². The highest BCUT2D eigenvalue weighted by Gasteiger charge is 2.47. The van der Waals surface area contributed by atoms with E-state index < -0.39 is 24.3 Å². The number of benzene rings is 1. The van der Waals surface area contributed by atoms with Gasteiger partial charge in [0.25, 0.3) is 0 Å². The number of aliphatic carboxylic acids is 2. The van der Waals surface area contributed by atoms with Crippen LogP contribution in [0, 0.1) is 23.2 Å². The number of amides is 1. The number of nitrogens with one attached hydrogen (secondary N) is 1. The summed E-state index contributed by atoms with van der Waals surface area (Å²) in [6, 6.07) is 10.6. The first-order valence-electron chi connectivity index (χ1n) is 11.8. The molecule has 216 valence electrons. The number of hydrogen-bond acceptors (Lipinski definition) is 6. The summed E-state index contributed by atoms with van der Waals surface area (Å²) >= 11 is 0. The zero-order valence-corrected chi connectivity index (χ0v) is 20.8. The topological polar surface area (TPSA) is 134 Å². The second kappa shape index (κ2) is 13.1. The number of nitriles is 1. The Hall–Kier alpha value is -3.38. The van der Waals surface area contributed by atoms with Gasteiger partial charge in [-0.15, -0.1) is 0 Å². The van der Waals surface area contributed by atoms with Crippen molar-refractivity contribution in [1.82, 2.24) is 15.1 Å². The molecule has 2 heterocycles. The van der Waals surface area contributed by atoms with Crippen molar-refractivity contribution in [2.45, 2.75) is 50.2 Å². The third-order valence-electron chi connectivity index (χ3n) is 6.53. The predicted octanol–water partition coefficient (Wildman–Crippen LogP) is 2.86. The van der Waals surface area contributed by atoms with E-state index in [1.165, 1.54) is 18.4 Å². The van der Waals surface area contributed by atoms with Crippen LogP contribution in [-0.2, 0) is 20.9 Å². The van der Waals surface area contributed by atoms with Gasteiger partial charge in [0.2, 0.25) is 5.91 Å². The number of alkyl halides is 6. The minimum Gasteiger partial charge on any atom is -0.475 e. The third kappa shape index (κ3) is 10.0. The van der Waals surface area contributed by atoms with Crippen LogP contribution in [0.25, 0.3) is 0 Å². The Bertz CT molecular complexity index is 1050. The van der Waals surface area contributed by atoms with E-state index in [9.17, 15) is 31.1 Å². The van der Waals surface area contributed by atoms with Crippen molar-refractivity contribution in [2.24, 2.45) is 11.8 Å². The first-order chi connectivity index (χ1) is 18.0. The monoisotopic (exact) mass is 566 g/mol. The molecule has 3 N–H and O–H groups in total. The zero-order valence-electron chi connectivity index (χ0n) is 20.8. The van der Waals surface area contributed by atoms with Gasteiger partial charge in [-0.25, -0.2) is 9.59 Å². The molecular formula is C24H28F6N4O5. The summed E-state index contributed by atoms with van der Waals surface area (Å²) in [6.45, 7) is 3.79. The Labute approximate surface area is 220 Å². The van der Waals surface area contributed by atoms with E-state index in [0.29, 0.717) is 12.0 Å². The van der Waals surface area contributed by atoms with Gasteiger partial charge in [0.15, 0.2) is 0 Å². The van der Waals surface area contributed by atoms with Crippen molar-refractivity contribution in [2.75, 3.05) is 26.7 Å². The maximum absolute atomic E-state index is 12.5. The molecule has 0 radical (unpaired) electrons. The van der Waals surface area contributed by atoms with Crippen molar-refractivity contribution in [3.63, 3.8) is 0 Å². The summed E-state index contributed by atoms with van der Waals surface area (Å²) in [5.41, 5.74) is 1.92. The Morgan fingerprint density at radius 1 is 1.05 bits per heavy atom.